The van der Waals surface area contributed by atoms with Gasteiger partial charge in [0.1, 0.15) is 0 Å². The number of ether oxygens (including phenoxy) is 1. The monoisotopic (exact) mass is 349 g/mol. The Hall–Kier alpha value is -1.39. The normalized spacial score (nSPS) is 23.0. The molecule has 2 fully saturated rings. The fourth-order valence-corrected chi connectivity index (χ4v) is 3.78. The number of nitrogens with one attached hydrogen (secondary N) is 1. The van der Waals surface area contributed by atoms with Crippen LogP contribution >= 0.6 is 0 Å². The summed E-state index contributed by atoms with van der Waals surface area (Å²) in [6, 6.07) is 9.69. The topological polar surface area (TPSA) is 58.6 Å². The van der Waals surface area contributed by atoms with Gasteiger partial charge < -0.3 is 15.2 Å². The number of methoxy groups -OCH3 is 1. The molecule has 1 heterocycles. The van der Waals surface area contributed by atoms with Crippen molar-refractivity contribution in [2.24, 2.45) is 11.8 Å². The Kier molecular flexibility index (Phi) is 10.4. The maximum Gasteiger partial charge on any atom is 0.300 e. The van der Waals surface area contributed by atoms with Crippen LogP contribution < -0.4 is 5.32 Å². The molecule has 1 aromatic carbocycles. The van der Waals surface area contributed by atoms with Crippen LogP contribution in [0.15, 0.2) is 24.3 Å². The quantitative estimate of drug-likeness (QED) is 0.820. The molecule has 0 bridgehead atoms. The predicted octanol–water partition coefficient (Wildman–Crippen LogP) is 4.58. The molecule has 0 spiro atoms. The van der Waals surface area contributed by atoms with E-state index in [9.17, 15) is 0 Å². The Balaban J connectivity index is 0.000000386. The first kappa shape index (κ1) is 21.7. The second-order valence-corrected chi connectivity index (χ2v) is 7.19. The van der Waals surface area contributed by atoms with E-state index in [0.717, 1.165) is 18.8 Å². The van der Waals surface area contributed by atoms with Crippen LogP contribution in [0.25, 0.3) is 0 Å². The van der Waals surface area contributed by atoms with Crippen LogP contribution in [0.4, 0.5) is 0 Å². The lowest BCUT2D eigenvalue weighted by Gasteiger charge is -2.26. The highest BCUT2D eigenvalue weighted by molar-refractivity contribution is 5.62. The first-order valence-electron chi connectivity index (χ1n) is 9.37. The number of carboxylic acid groups (broad SMARTS) is 1. The van der Waals surface area contributed by atoms with Gasteiger partial charge in [-0.3, -0.25) is 4.79 Å². The van der Waals surface area contributed by atoms with E-state index in [1.807, 2.05) is 0 Å². The third-order valence-electron chi connectivity index (χ3n) is 4.96. The van der Waals surface area contributed by atoms with E-state index in [1.54, 1.807) is 14.2 Å². The number of carboxylic acids is 1. The molecule has 4 nitrogen and oxygen atoms in total. The van der Waals surface area contributed by atoms with Crippen molar-refractivity contribution in [2.75, 3.05) is 20.8 Å². The molecule has 2 unspecified atom stereocenters. The molecular formula is C21H35NO3. The number of carbonyl (C=O) groups is 1. The van der Waals surface area contributed by atoms with Crippen LogP contribution in [0, 0.1) is 18.8 Å². The van der Waals surface area contributed by atoms with Gasteiger partial charge in [0.2, 0.25) is 0 Å². The summed E-state index contributed by atoms with van der Waals surface area (Å²) in [5.74, 6) is 1.10. The van der Waals surface area contributed by atoms with Gasteiger partial charge in [-0.05, 0) is 37.3 Å². The maximum absolute atomic E-state index is 9.00. The largest absolute Gasteiger partial charge is 0.481 e. The highest BCUT2D eigenvalue weighted by atomic mass is 16.4. The van der Waals surface area contributed by atoms with Crippen molar-refractivity contribution >= 4 is 5.97 Å². The Morgan fingerprint density at radius 2 is 1.60 bits per heavy atom. The molecule has 1 saturated heterocycles. The van der Waals surface area contributed by atoms with E-state index in [1.165, 1.54) is 56.2 Å². The Morgan fingerprint density at radius 1 is 1.08 bits per heavy atom. The molecule has 25 heavy (non-hydrogen) atoms. The number of hydrogen-bond donors (Lipinski definition) is 2. The SMILES string of the molecule is CC(=O)O.COC.Cc1ccc(C2CC(C3CCCCC3)CN2)cc1. The summed E-state index contributed by atoms with van der Waals surface area (Å²) in [4.78, 5) is 9.00. The summed E-state index contributed by atoms with van der Waals surface area (Å²) in [5, 5.41) is 11.2. The highest BCUT2D eigenvalue weighted by Gasteiger charge is 2.31. The zero-order valence-corrected chi connectivity index (χ0v) is 16.3. The lowest BCUT2D eigenvalue weighted by molar-refractivity contribution is -0.134. The molecule has 4 heteroatoms. The van der Waals surface area contributed by atoms with Crippen molar-refractivity contribution in [3.8, 4) is 0 Å². The third kappa shape index (κ3) is 8.50. The van der Waals surface area contributed by atoms with Gasteiger partial charge in [0.05, 0.1) is 0 Å². The average molecular weight is 350 g/mol. The number of aryl methyl sites for hydroxylation is 1. The Labute approximate surface area is 153 Å². The molecule has 1 aliphatic carbocycles. The zero-order chi connectivity index (χ0) is 18.7. The molecule has 2 atom stereocenters. The predicted molar refractivity (Wildman–Crippen MR) is 103 cm³/mol. The minimum atomic E-state index is -0.833. The van der Waals surface area contributed by atoms with E-state index in [-0.39, 0.29) is 0 Å². The molecule has 0 aromatic heterocycles. The molecule has 0 amide bonds. The Bertz CT molecular complexity index is 476. The molecule has 1 saturated carbocycles. The van der Waals surface area contributed by atoms with Crippen molar-refractivity contribution in [3.05, 3.63) is 35.4 Å². The van der Waals surface area contributed by atoms with Gasteiger partial charge in [0.25, 0.3) is 5.97 Å². The average Bonchev–Trinajstić information content (AvgIpc) is 3.07. The summed E-state index contributed by atoms with van der Waals surface area (Å²) in [6.07, 6.45) is 8.72. The van der Waals surface area contributed by atoms with Gasteiger partial charge in [-0.15, -0.1) is 0 Å². The molecule has 142 valence electrons. The summed E-state index contributed by atoms with van der Waals surface area (Å²) in [7, 11) is 3.25. The summed E-state index contributed by atoms with van der Waals surface area (Å²) >= 11 is 0. The zero-order valence-electron chi connectivity index (χ0n) is 16.3. The number of benzene rings is 1. The van der Waals surface area contributed by atoms with Crippen molar-refractivity contribution in [1.29, 1.82) is 0 Å². The fraction of sp³-hybridized carbons (Fsp3) is 0.667. The van der Waals surface area contributed by atoms with Crippen LogP contribution in [0.3, 0.4) is 0 Å². The summed E-state index contributed by atoms with van der Waals surface area (Å²) < 4.78 is 4.25. The van der Waals surface area contributed by atoms with Gasteiger partial charge in [-0.25, -0.2) is 0 Å². The fourth-order valence-electron chi connectivity index (χ4n) is 3.78. The van der Waals surface area contributed by atoms with Gasteiger partial charge in [-0.1, -0.05) is 61.9 Å². The van der Waals surface area contributed by atoms with E-state index in [2.05, 4.69) is 41.2 Å². The van der Waals surface area contributed by atoms with Crippen molar-refractivity contribution in [1.82, 2.24) is 5.32 Å². The van der Waals surface area contributed by atoms with E-state index in [0.29, 0.717) is 6.04 Å². The van der Waals surface area contributed by atoms with Crippen molar-refractivity contribution < 1.29 is 14.6 Å². The highest BCUT2D eigenvalue weighted by Crippen LogP contribution is 2.38. The standard InChI is InChI=1S/C17H25N.C2H4O2.C2H6O/c1-13-7-9-15(10-8-13)17-11-16(12-18-17)14-5-3-2-4-6-14;1-2(3)4;1-3-2/h7-10,14,16-18H,2-6,11-12H2,1H3;1H3,(H,3,4);1-2H3. The van der Waals surface area contributed by atoms with Crippen LogP contribution in [-0.4, -0.2) is 31.8 Å². The minimum absolute atomic E-state index is 0.609. The second-order valence-electron chi connectivity index (χ2n) is 7.19. The lowest BCUT2D eigenvalue weighted by atomic mass is 9.78. The summed E-state index contributed by atoms with van der Waals surface area (Å²) in [6.45, 7) is 4.49. The van der Waals surface area contributed by atoms with Crippen LogP contribution in [-0.2, 0) is 9.53 Å². The van der Waals surface area contributed by atoms with Gasteiger partial charge >= 0.3 is 0 Å². The number of aliphatic carboxylic acids is 1. The van der Waals surface area contributed by atoms with Crippen molar-refractivity contribution in [3.63, 3.8) is 0 Å². The second kappa shape index (κ2) is 12.0. The smallest absolute Gasteiger partial charge is 0.300 e. The summed E-state index contributed by atoms with van der Waals surface area (Å²) in [5.41, 5.74) is 2.85. The van der Waals surface area contributed by atoms with Crippen molar-refractivity contribution in [2.45, 2.75) is 58.4 Å². The van der Waals surface area contributed by atoms with Crippen LogP contribution in [0.2, 0.25) is 0 Å². The first-order valence-corrected chi connectivity index (χ1v) is 9.37. The Morgan fingerprint density at radius 3 is 2.12 bits per heavy atom. The third-order valence-corrected chi connectivity index (χ3v) is 4.96. The molecule has 3 rings (SSSR count). The van der Waals surface area contributed by atoms with E-state index in [4.69, 9.17) is 9.90 Å². The molecule has 0 radical (unpaired) electrons. The van der Waals surface area contributed by atoms with E-state index < -0.39 is 5.97 Å². The maximum atomic E-state index is 9.00. The first-order chi connectivity index (χ1) is 12.0. The minimum Gasteiger partial charge on any atom is -0.481 e. The number of rotatable bonds is 2. The van der Waals surface area contributed by atoms with Gasteiger partial charge in [0, 0.05) is 27.2 Å². The number of hydrogen-bond acceptors (Lipinski definition) is 3. The van der Waals surface area contributed by atoms with Gasteiger partial charge in [0.15, 0.2) is 0 Å². The molecule has 1 aromatic rings. The van der Waals surface area contributed by atoms with Crippen LogP contribution in [0.1, 0.15) is 62.6 Å². The van der Waals surface area contributed by atoms with Gasteiger partial charge in [-0.2, -0.15) is 0 Å². The molecule has 2 aliphatic rings. The lowest BCUT2D eigenvalue weighted by Crippen LogP contribution is -2.20. The molecule has 1 aliphatic heterocycles. The molecule has 2 N–H and O–H groups in total. The van der Waals surface area contributed by atoms with Crippen LogP contribution in [0.5, 0.6) is 0 Å². The molecular weight excluding hydrogens is 314 g/mol. The van der Waals surface area contributed by atoms with E-state index >= 15 is 0 Å².